The Morgan fingerprint density at radius 1 is 1.04 bits per heavy atom. The minimum atomic E-state index is -0.407. The second-order valence-corrected chi connectivity index (χ2v) is 6.21. The fourth-order valence-electron chi connectivity index (χ4n) is 2.88. The molecule has 0 unspecified atom stereocenters. The summed E-state index contributed by atoms with van der Waals surface area (Å²) in [7, 11) is 1.42. The summed E-state index contributed by atoms with van der Waals surface area (Å²) in [5.41, 5.74) is 2.27. The molecule has 0 saturated carbocycles. The Bertz CT molecular complexity index is 1080. The lowest BCUT2D eigenvalue weighted by Gasteiger charge is -2.07. The number of aromatic nitrogens is 3. The number of carbonyl (C=O) groups is 3. The van der Waals surface area contributed by atoms with Crippen LogP contribution >= 0.6 is 0 Å². The number of amides is 3. The van der Waals surface area contributed by atoms with Gasteiger partial charge in [-0.15, -0.1) is 0 Å². The van der Waals surface area contributed by atoms with Crippen LogP contribution in [0.3, 0.4) is 0 Å². The van der Waals surface area contributed by atoms with Crippen LogP contribution in [0.4, 0.5) is 5.69 Å². The first-order valence-electron chi connectivity index (χ1n) is 8.21. The number of rotatable bonds is 3. The second-order valence-electron chi connectivity index (χ2n) is 6.21. The lowest BCUT2D eigenvalue weighted by molar-refractivity contribution is 0.0693. The van der Waals surface area contributed by atoms with E-state index in [1.165, 1.54) is 25.2 Å². The van der Waals surface area contributed by atoms with Gasteiger partial charge in [-0.05, 0) is 49.4 Å². The van der Waals surface area contributed by atoms with Gasteiger partial charge in [0.2, 0.25) is 0 Å². The monoisotopic (exact) mass is 361 g/mol. The predicted molar refractivity (Wildman–Crippen MR) is 97.4 cm³/mol. The third-order valence-corrected chi connectivity index (χ3v) is 4.35. The summed E-state index contributed by atoms with van der Waals surface area (Å²) in [6.07, 6.45) is 0. The summed E-state index contributed by atoms with van der Waals surface area (Å²) < 4.78 is 0. The molecule has 1 aliphatic heterocycles. The molecule has 0 saturated heterocycles. The molecular weight excluding hydrogens is 346 g/mol. The molecule has 8 heteroatoms. The Balaban J connectivity index is 1.53. The summed E-state index contributed by atoms with van der Waals surface area (Å²) in [6.45, 7) is 1.82. The molecule has 27 heavy (non-hydrogen) atoms. The van der Waals surface area contributed by atoms with E-state index in [1.807, 2.05) is 6.92 Å². The van der Waals surface area contributed by atoms with Crippen molar-refractivity contribution in [3.8, 4) is 11.4 Å². The Hall–Kier alpha value is -3.81. The second kappa shape index (κ2) is 6.17. The molecule has 4 rings (SSSR count). The molecule has 0 atom stereocenters. The molecule has 1 aromatic heterocycles. The molecule has 2 N–H and O–H groups in total. The van der Waals surface area contributed by atoms with Gasteiger partial charge < -0.3 is 5.32 Å². The standard InChI is InChI=1S/C19H15N5O3/c1-10-20-16(23-22-10)11-3-6-13(7-4-11)21-17(25)12-5-8-14-15(9-12)19(27)24(2)18(14)26/h3-9H,1-2H3,(H,21,25)(H,20,22,23). The van der Waals surface area contributed by atoms with Gasteiger partial charge in [0.05, 0.1) is 11.1 Å². The summed E-state index contributed by atoms with van der Waals surface area (Å²) in [4.78, 5) is 41.8. The van der Waals surface area contributed by atoms with Crippen LogP contribution in [0.5, 0.6) is 0 Å². The molecule has 0 fully saturated rings. The maximum atomic E-state index is 12.5. The molecule has 0 radical (unpaired) electrons. The van der Waals surface area contributed by atoms with Crippen molar-refractivity contribution in [2.24, 2.45) is 0 Å². The van der Waals surface area contributed by atoms with E-state index in [0.29, 0.717) is 22.6 Å². The number of hydrogen-bond acceptors (Lipinski definition) is 5. The number of aromatic amines is 1. The van der Waals surface area contributed by atoms with Gasteiger partial charge in [0.1, 0.15) is 5.82 Å². The highest BCUT2D eigenvalue weighted by Gasteiger charge is 2.33. The van der Waals surface area contributed by atoms with Crippen LogP contribution in [0.2, 0.25) is 0 Å². The minimum Gasteiger partial charge on any atom is -0.322 e. The van der Waals surface area contributed by atoms with Crippen molar-refractivity contribution in [1.82, 2.24) is 20.1 Å². The van der Waals surface area contributed by atoms with Crippen LogP contribution in [-0.2, 0) is 0 Å². The zero-order chi connectivity index (χ0) is 19.1. The number of imide groups is 1. The van der Waals surface area contributed by atoms with Crippen LogP contribution in [0, 0.1) is 6.92 Å². The van der Waals surface area contributed by atoms with Gasteiger partial charge in [0.15, 0.2) is 5.82 Å². The first-order valence-corrected chi connectivity index (χ1v) is 8.21. The topological polar surface area (TPSA) is 108 Å². The number of nitrogens with one attached hydrogen (secondary N) is 2. The van der Waals surface area contributed by atoms with E-state index < -0.39 is 5.91 Å². The molecule has 1 aliphatic rings. The first-order chi connectivity index (χ1) is 12.9. The number of hydrogen-bond donors (Lipinski definition) is 2. The van der Waals surface area contributed by atoms with Crippen molar-refractivity contribution in [3.63, 3.8) is 0 Å². The Kier molecular flexibility index (Phi) is 3.80. The summed E-state index contributed by atoms with van der Waals surface area (Å²) in [5.74, 6) is 0.165. The van der Waals surface area contributed by atoms with Crippen LogP contribution in [0.1, 0.15) is 36.9 Å². The lowest BCUT2D eigenvalue weighted by atomic mass is 10.1. The normalized spacial score (nSPS) is 13.0. The third-order valence-electron chi connectivity index (χ3n) is 4.35. The van der Waals surface area contributed by atoms with Crippen molar-refractivity contribution < 1.29 is 14.4 Å². The average Bonchev–Trinajstić information content (AvgIpc) is 3.20. The number of anilines is 1. The van der Waals surface area contributed by atoms with Gasteiger partial charge >= 0.3 is 0 Å². The van der Waals surface area contributed by atoms with Crippen LogP contribution < -0.4 is 5.32 Å². The molecule has 0 bridgehead atoms. The number of nitrogens with zero attached hydrogens (tertiary/aromatic N) is 3. The highest BCUT2D eigenvalue weighted by molar-refractivity contribution is 6.22. The zero-order valence-corrected chi connectivity index (χ0v) is 14.6. The van der Waals surface area contributed by atoms with E-state index in [2.05, 4.69) is 20.5 Å². The smallest absolute Gasteiger partial charge is 0.261 e. The molecule has 0 spiro atoms. The van der Waals surface area contributed by atoms with Crippen molar-refractivity contribution in [3.05, 3.63) is 65.0 Å². The minimum absolute atomic E-state index is 0.241. The highest BCUT2D eigenvalue weighted by atomic mass is 16.2. The van der Waals surface area contributed by atoms with Gasteiger partial charge in [-0.3, -0.25) is 24.4 Å². The number of H-pyrrole nitrogens is 1. The van der Waals surface area contributed by atoms with Crippen LogP contribution in [-0.4, -0.2) is 44.9 Å². The first kappa shape index (κ1) is 16.6. The van der Waals surface area contributed by atoms with E-state index >= 15 is 0 Å². The van der Waals surface area contributed by atoms with Crippen molar-refractivity contribution in [1.29, 1.82) is 0 Å². The fraction of sp³-hybridized carbons (Fsp3) is 0.105. The van der Waals surface area contributed by atoms with E-state index in [0.717, 1.165) is 16.3 Å². The average molecular weight is 361 g/mol. The number of aryl methyl sites for hydroxylation is 1. The zero-order valence-electron chi connectivity index (χ0n) is 14.6. The van der Waals surface area contributed by atoms with Crippen molar-refractivity contribution in [2.45, 2.75) is 6.92 Å². The summed E-state index contributed by atoms with van der Waals surface area (Å²) >= 11 is 0. The van der Waals surface area contributed by atoms with Gasteiger partial charge in [0, 0.05) is 23.9 Å². The number of carbonyl (C=O) groups excluding carboxylic acids is 3. The molecule has 8 nitrogen and oxygen atoms in total. The fourth-order valence-corrected chi connectivity index (χ4v) is 2.88. The number of benzene rings is 2. The van der Waals surface area contributed by atoms with E-state index in [9.17, 15) is 14.4 Å². The molecule has 2 aromatic carbocycles. The predicted octanol–water partition coefficient (Wildman–Crippen LogP) is 2.26. The van der Waals surface area contributed by atoms with E-state index in [4.69, 9.17) is 0 Å². The van der Waals surface area contributed by atoms with Gasteiger partial charge in [-0.2, -0.15) is 5.10 Å². The highest BCUT2D eigenvalue weighted by Crippen LogP contribution is 2.23. The Labute approximate surface area is 154 Å². The summed E-state index contributed by atoms with van der Waals surface area (Å²) in [6, 6.07) is 11.6. The SMILES string of the molecule is Cc1nc(-c2ccc(NC(=O)c3ccc4c(c3)C(=O)N(C)C4=O)cc2)n[nH]1. The molecule has 3 aromatic rings. The van der Waals surface area contributed by atoms with Crippen LogP contribution in [0.15, 0.2) is 42.5 Å². The molecule has 3 amide bonds. The van der Waals surface area contributed by atoms with Gasteiger partial charge in [-0.25, -0.2) is 4.98 Å². The van der Waals surface area contributed by atoms with E-state index in [1.54, 1.807) is 24.3 Å². The Morgan fingerprint density at radius 2 is 1.74 bits per heavy atom. The number of fused-ring (bicyclic) bond motifs is 1. The maximum Gasteiger partial charge on any atom is 0.261 e. The maximum absolute atomic E-state index is 12.5. The summed E-state index contributed by atoms with van der Waals surface area (Å²) in [5, 5.41) is 9.64. The molecule has 0 aliphatic carbocycles. The Morgan fingerprint density at radius 3 is 2.41 bits per heavy atom. The molecular formula is C19H15N5O3. The lowest BCUT2D eigenvalue weighted by Crippen LogP contribution is -2.24. The van der Waals surface area contributed by atoms with Crippen molar-refractivity contribution >= 4 is 23.4 Å². The molecule has 2 heterocycles. The quantitative estimate of drug-likeness (QED) is 0.696. The largest absolute Gasteiger partial charge is 0.322 e. The van der Waals surface area contributed by atoms with Gasteiger partial charge in [-0.1, -0.05) is 0 Å². The van der Waals surface area contributed by atoms with Crippen molar-refractivity contribution in [2.75, 3.05) is 12.4 Å². The third kappa shape index (κ3) is 2.86. The van der Waals surface area contributed by atoms with Crippen LogP contribution in [0.25, 0.3) is 11.4 Å². The molecule has 134 valence electrons. The van der Waals surface area contributed by atoms with E-state index in [-0.39, 0.29) is 17.4 Å². The van der Waals surface area contributed by atoms with Gasteiger partial charge in [0.25, 0.3) is 17.7 Å².